The molecule has 0 atom stereocenters. The van der Waals surface area contributed by atoms with Gasteiger partial charge in [-0.2, -0.15) is 13.2 Å². The minimum Gasteiger partial charge on any atom is -0.463 e. The molecule has 0 aliphatic heterocycles. The minimum atomic E-state index is -5.10. The SMILES string of the molecule is CCOC(=O)C=C(NC(=O)Nc1cc(C(=O)OC(C)C)c(Cl)cc1F)C(F)(F)F. The molecule has 2 amide bonds. The van der Waals surface area contributed by atoms with Gasteiger partial charge in [0.2, 0.25) is 0 Å². The normalized spacial score (nSPS) is 11.8. The number of esters is 2. The van der Waals surface area contributed by atoms with Gasteiger partial charge in [-0.15, -0.1) is 0 Å². The summed E-state index contributed by atoms with van der Waals surface area (Å²) in [4.78, 5) is 35.1. The molecule has 0 aromatic heterocycles. The summed E-state index contributed by atoms with van der Waals surface area (Å²) in [6, 6.07) is -0.0282. The summed E-state index contributed by atoms with van der Waals surface area (Å²) >= 11 is 5.77. The fraction of sp³-hybridized carbons (Fsp3) is 0.353. The van der Waals surface area contributed by atoms with E-state index in [9.17, 15) is 31.9 Å². The summed E-state index contributed by atoms with van der Waals surface area (Å²) in [5.74, 6) is -3.38. The molecule has 12 heteroatoms. The Morgan fingerprint density at radius 3 is 2.38 bits per heavy atom. The summed E-state index contributed by atoms with van der Waals surface area (Å²) < 4.78 is 62.2. The maximum absolute atomic E-state index is 14.0. The number of urea groups is 1. The molecule has 0 heterocycles. The van der Waals surface area contributed by atoms with E-state index in [4.69, 9.17) is 16.3 Å². The van der Waals surface area contributed by atoms with Crippen molar-refractivity contribution in [3.8, 4) is 0 Å². The molecule has 0 saturated carbocycles. The highest BCUT2D eigenvalue weighted by Gasteiger charge is 2.36. The van der Waals surface area contributed by atoms with Crippen LogP contribution in [0.3, 0.4) is 0 Å². The average Bonchev–Trinajstić information content (AvgIpc) is 2.55. The molecule has 0 fully saturated rings. The zero-order chi connectivity index (χ0) is 22.4. The van der Waals surface area contributed by atoms with Crippen LogP contribution >= 0.6 is 11.6 Å². The highest BCUT2D eigenvalue weighted by Crippen LogP contribution is 2.26. The second-order valence-electron chi connectivity index (χ2n) is 5.65. The second kappa shape index (κ2) is 10.1. The largest absolute Gasteiger partial charge is 0.463 e. The van der Waals surface area contributed by atoms with Crippen molar-refractivity contribution in [3.05, 3.63) is 40.3 Å². The summed E-state index contributed by atoms with van der Waals surface area (Å²) in [6.07, 6.45) is -5.59. The monoisotopic (exact) mass is 440 g/mol. The minimum absolute atomic E-state index is 0.0345. The number of allylic oxidation sites excluding steroid dienone is 1. The van der Waals surface area contributed by atoms with Gasteiger partial charge in [0.05, 0.1) is 35.1 Å². The van der Waals surface area contributed by atoms with Gasteiger partial charge in [0.1, 0.15) is 11.5 Å². The number of nitrogens with one attached hydrogen (secondary N) is 2. The van der Waals surface area contributed by atoms with Crippen molar-refractivity contribution in [2.75, 3.05) is 11.9 Å². The second-order valence-corrected chi connectivity index (χ2v) is 6.06. The number of alkyl halides is 3. The Labute approximate surface area is 168 Å². The lowest BCUT2D eigenvalue weighted by Crippen LogP contribution is -2.35. The lowest BCUT2D eigenvalue weighted by molar-refractivity contribution is -0.138. The third-order valence-electron chi connectivity index (χ3n) is 2.97. The van der Waals surface area contributed by atoms with Crippen molar-refractivity contribution < 1.29 is 41.4 Å². The summed E-state index contributed by atoms with van der Waals surface area (Å²) in [6.45, 7) is 4.30. The molecule has 0 aliphatic rings. The van der Waals surface area contributed by atoms with Gasteiger partial charge < -0.3 is 20.1 Å². The quantitative estimate of drug-likeness (QED) is 0.393. The molecule has 0 saturated heterocycles. The van der Waals surface area contributed by atoms with Crippen LogP contribution in [0.25, 0.3) is 0 Å². The zero-order valence-electron chi connectivity index (χ0n) is 15.4. The fourth-order valence-electron chi connectivity index (χ4n) is 1.85. The Hall–Kier alpha value is -2.82. The number of amides is 2. The smallest absolute Gasteiger partial charge is 0.431 e. The van der Waals surface area contributed by atoms with Crippen LogP contribution in [0.1, 0.15) is 31.1 Å². The molecule has 0 aliphatic carbocycles. The van der Waals surface area contributed by atoms with Crippen LogP contribution in [-0.2, 0) is 14.3 Å². The Bertz CT molecular complexity index is 825. The van der Waals surface area contributed by atoms with Gasteiger partial charge in [0.15, 0.2) is 0 Å². The molecule has 1 aromatic carbocycles. The Morgan fingerprint density at radius 1 is 1.24 bits per heavy atom. The molecular formula is C17H17ClF4N2O5. The standard InChI is InChI=1S/C17H17ClF4N2O5/c1-4-28-14(25)7-13(17(20,21)22)24-16(27)23-12-5-9(10(18)6-11(12)19)15(26)29-8(2)3/h5-8H,4H2,1-3H3,(H2,23,24,27). The van der Waals surface area contributed by atoms with Crippen molar-refractivity contribution in [3.63, 3.8) is 0 Å². The first-order chi connectivity index (χ1) is 13.3. The van der Waals surface area contributed by atoms with E-state index in [0.29, 0.717) is 6.07 Å². The Morgan fingerprint density at radius 2 is 1.86 bits per heavy atom. The van der Waals surface area contributed by atoms with Crippen LogP contribution in [-0.4, -0.2) is 36.9 Å². The number of hydrogen-bond donors (Lipinski definition) is 2. The summed E-state index contributed by atoms with van der Waals surface area (Å²) in [5.41, 5.74) is -2.68. The number of benzene rings is 1. The van der Waals surface area contributed by atoms with E-state index in [1.54, 1.807) is 13.8 Å². The van der Waals surface area contributed by atoms with Crippen LogP contribution in [0.2, 0.25) is 5.02 Å². The van der Waals surface area contributed by atoms with Gasteiger partial charge in [-0.25, -0.2) is 18.8 Å². The van der Waals surface area contributed by atoms with Crippen molar-refractivity contribution in [1.82, 2.24) is 5.32 Å². The molecule has 29 heavy (non-hydrogen) atoms. The number of rotatable bonds is 6. The number of carbonyl (C=O) groups excluding carboxylic acids is 3. The number of ether oxygens (including phenoxy) is 2. The molecule has 160 valence electrons. The molecule has 0 unspecified atom stereocenters. The van der Waals surface area contributed by atoms with E-state index in [1.165, 1.54) is 12.2 Å². The maximum Gasteiger partial charge on any atom is 0.431 e. The van der Waals surface area contributed by atoms with E-state index >= 15 is 0 Å². The lowest BCUT2D eigenvalue weighted by Gasteiger charge is -2.15. The van der Waals surface area contributed by atoms with E-state index in [2.05, 4.69) is 4.74 Å². The molecule has 1 rings (SSSR count). The van der Waals surface area contributed by atoms with Crippen molar-refractivity contribution in [2.24, 2.45) is 0 Å². The van der Waals surface area contributed by atoms with E-state index < -0.39 is 47.5 Å². The summed E-state index contributed by atoms with van der Waals surface area (Å²) in [7, 11) is 0. The summed E-state index contributed by atoms with van der Waals surface area (Å²) in [5, 5.41) is 2.87. The van der Waals surface area contributed by atoms with Crippen molar-refractivity contribution >= 4 is 35.3 Å². The highest BCUT2D eigenvalue weighted by atomic mass is 35.5. The zero-order valence-corrected chi connectivity index (χ0v) is 16.2. The predicted molar refractivity (Wildman–Crippen MR) is 94.9 cm³/mol. The first-order valence-corrected chi connectivity index (χ1v) is 8.46. The number of halogens is 5. The van der Waals surface area contributed by atoms with Crippen molar-refractivity contribution in [1.29, 1.82) is 0 Å². The fourth-order valence-corrected chi connectivity index (χ4v) is 2.07. The third kappa shape index (κ3) is 7.60. The first-order valence-electron chi connectivity index (χ1n) is 8.08. The van der Waals surface area contributed by atoms with E-state index in [0.717, 1.165) is 6.07 Å². The third-order valence-corrected chi connectivity index (χ3v) is 3.28. The van der Waals surface area contributed by atoms with Crippen molar-refractivity contribution in [2.45, 2.75) is 33.1 Å². The van der Waals surface area contributed by atoms with Gasteiger partial charge in [0, 0.05) is 0 Å². The highest BCUT2D eigenvalue weighted by molar-refractivity contribution is 6.33. The molecular weight excluding hydrogens is 424 g/mol. The molecule has 7 nitrogen and oxygen atoms in total. The molecule has 0 bridgehead atoms. The van der Waals surface area contributed by atoms with Crippen LogP contribution in [0.5, 0.6) is 0 Å². The number of anilines is 1. The van der Waals surface area contributed by atoms with Crippen LogP contribution < -0.4 is 10.6 Å². The van der Waals surface area contributed by atoms with Gasteiger partial charge in [-0.05, 0) is 32.9 Å². The molecule has 2 N–H and O–H groups in total. The molecule has 0 spiro atoms. The van der Waals surface area contributed by atoms with Crippen LogP contribution in [0.4, 0.5) is 28.0 Å². The number of carbonyl (C=O) groups is 3. The van der Waals surface area contributed by atoms with Gasteiger partial charge in [-0.3, -0.25) is 0 Å². The topological polar surface area (TPSA) is 93.7 Å². The maximum atomic E-state index is 14.0. The van der Waals surface area contributed by atoms with Gasteiger partial charge in [-0.1, -0.05) is 11.6 Å². The molecule has 1 aromatic rings. The predicted octanol–water partition coefficient (Wildman–Crippen LogP) is 4.18. The van der Waals surface area contributed by atoms with Crippen LogP contribution in [0.15, 0.2) is 23.9 Å². The van der Waals surface area contributed by atoms with E-state index in [1.807, 2.05) is 5.32 Å². The van der Waals surface area contributed by atoms with Gasteiger partial charge in [0.25, 0.3) is 0 Å². The van der Waals surface area contributed by atoms with E-state index in [-0.39, 0.29) is 23.3 Å². The van der Waals surface area contributed by atoms with Crippen LogP contribution in [0, 0.1) is 5.82 Å². The first kappa shape index (κ1) is 24.2. The van der Waals surface area contributed by atoms with Gasteiger partial charge >= 0.3 is 24.1 Å². The lowest BCUT2D eigenvalue weighted by atomic mass is 10.2. The average molecular weight is 441 g/mol. The number of hydrogen-bond acceptors (Lipinski definition) is 5. The Kier molecular flexibility index (Phi) is 8.43. The Balaban J connectivity index is 3.08. The molecule has 0 radical (unpaired) electrons.